The van der Waals surface area contributed by atoms with Crippen molar-refractivity contribution in [3.8, 4) is 0 Å². The van der Waals surface area contributed by atoms with Crippen molar-refractivity contribution in [2.75, 3.05) is 5.32 Å². The van der Waals surface area contributed by atoms with Gasteiger partial charge in [0.1, 0.15) is 6.23 Å². The lowest BCUT2D eigenvalue weighted by Crippen LogP contribution is -2.24. The number of aliphatic hydroxyl groups excluding tert-OH is 2. The first-order valence-corrected chi connectivity index (χ1v) is 9.22. The number of hydrogen-bond donors (Lipinski definition) is 5. The van der Waals surface area contributed by atoms with Gasteiger partial charge in [0, 0.05) is 17.8 Å². The van der Waals surface area contributed by atoms with Crippen LogP contribution in [-0.4, -0.2) is 22.3 Å². The van der Waals surface area contributed by atoms with Gasteiger partial charge in [-0.25, -0.2) is 0 Å². The highest BCUT2D eigenvalue weighted by Gasteiger charge is 2.22. The van der Waals surface area contributed by atoms with Crippen molar-refractivity contribution in [3.05, 3.63) is 88.4 Å². The molecule has 1 unspecified atom stereocenters. The topological polar surface area (TPSA) is 108 Å². The van der Waals surface area contributed by atoms with Crippen molar-refractivity contribution < 1.29 is 15.0 Å². The molecule has 2 aliphatic carbocycles. The van der Waals surface area contributed by atoms with Crippen molar-refractivity contribution >= 4 is 11.6 Å². The number of anilines is 1. The number of carbonyl (C=O) groups is 1. The predicted octanol–water partition coefficient (Wildman–Crippen LogP) is 2.92. The van der Waals surface area contributed by atoms with Gasteiger partial charge in [-0.2, -0.15) is 0 Å². The molecule has 1 amide bonds. The highest BCUT2D eigenvalue weighted by molar-refractivity contribution is 6.06. The van der Waals surface area contributed by atoms with Crippen LogP contribution < -0.4 is 16.4 Å². The van der Waals surface area contributed by atoms with Gasteiger partial charge in [0.25, 0.3) is 5.91 Å². The quantitative estimate of drug-likeness (QED) is 0.506. The molecule has 0 radical (unpaired) electrons. The van der Waals surface area contributed by atoms with E-state index in [2.05, 4.69) is 10.6 Å². The Balaban J connectivity index is 1.73. The van der Waals surface area contributed by atoms with E-state index in [1.165, 1.54) is 0 Å². The molecule has 0 saturated carbocycles. The van der Waals surface area contributed by atoms with Gasteiger partial charge in [-0.1, -0.05) is 48.1 Å². The molecule has 1 atom stereocenters. The molecule has 0 heterocycles. The third kappa shape index (κ3) is 4.60. The molecule has 0 fully saturated rings. The van der Waals surface area contributed by atoms with Gasteiger partial charge in [0.2, 0.25) is 0 Å². The van der Waals surface area contributed by atoms with Crippen molar-refractivity contribution in [1.29, 1.82) is 0 Å². The maximum Gasteiger partial charge on any atom is 0.259 e. The summed E-state index contributed by atoms with van der Waals surface area (Å²) in [7, 11) is 0. The van der Waals surface area contributed by atoms with E-state index in [1.807, 2.05) is 36.4 Å². The first-order valence-electron chi connectivity index (χ1n) is 9.22. The highest BCUT2D eigenvalue weighted by Crippen LogP contribution is 2.30. The second kappa shape index (κ2) is 8.73. The minimum atomic E-state index is -0.587. The zero-order valence-electron chi connectivity index (χ0n) is 15.8. The fraction of sp³-hybridized carbons (Fsp3) is 0.227. The fourth-order valence-electron chi connectivity index (χ4n) is 3.11. The summed E-state index contributed by atoms with van der Waals surface area (Å²) in [4.78, 5) is 12.7. The van der Waals surface area contributed by atoms with E-state index in [0.717, 1.165) is 23.1 Å². The number of hydrogen-bond acceptors (Lipinski definition) is 5. The zero-order valence-corrected chi connectivity index (χ0v) is 15.8. The van der Waals surface area contributed by atoms with Gasteiger partial charge in [-0.3, -0.25) is 10.1 Å². The molecule has 0 bridgehead atoms. The first-order chi connectivity index (χ1) is 13.5. The molecule has 28 heavy (non-hydrogen) atoms. The molecule has 0 saturated heterocycles. The van der Waals surface area contributed by atoms with E-state index in [1.54, 1.807) is 25.1 Å². The average molecular weight is 379 g/mol. The maximum absolute atomic E-state index is 12.7. The molecule has 146 valence electrons. The lowest BCUT2D eigenvalue weighted by molar-refractivity contribution is -0.112. The summed E-state index contributed by atoms with van der Waals surface area (Å²) in [6.07, 6.45) is 10.1. The lowest BCUT2D eigenvalue weighted by Gasteiger charge is -2.11. The summed E-state index contributed by atoms with van der Waals surface area (Å²) in [6.45, 7) is 2.18. The van der Waals surface area contributed by atoms with Gasteiger partial charge in [0.05, 0.1) is 11.3 Å². The van der Waals surface area contributed by atoms with Gasteiger partial charge in [-0.05, 0) is 37.5 Å². The summed E-state index contributed by atoms with van der Waals surface area (Å²) in [6, 6.07) is 7.27. The van der Waals surface area contributed by atoms with Crippen LogP contribution in [0.5, 0.6) is 0 Å². The van der Waals surface area contributed by atoms with Crippen molar-refractivity contribution in [1.82, 2.24) is 5.32 Å². The summed E-state index contributed by atoms with van der Waals surface area (Å²) < 4.78 is 0. The van der Waals surface area contributed by atoms with Crippen LogP contribution in [0.4, 0.5) is 5.69 Å². The van der Waals surface area contributed by atoms with Crippen LogP contribution in [0.2, 0.25) is 0 Å². The largest absolute Gasteiger partial charge is 0.505 e. The third-order valence-corrected chi connectivity index (χ3v) is 4.67. The Hall–Kier alpha value is -3.09. The first kappa shape index (κ1) is 19.7. The van der Waals surface area contributed by atoms with Crippen LogP contribution in [0, 0.1) is 0 Å². The van der Waals surface area contributed by atoms with Crippen molar-refractivity contribution in [2.45, 2.75) is 32.5 Å². The molecule has 1 aromatic rings. The Morgan fingerprint density at radius 1 is 1.21 bits per heavy atom. The summed E-state index contributed by atoms with van der Waals surface area (Å²) in [5, 5.41) is 25.5. The SMILES string of the molecule is CC(O)NCc1ccc(NC(=O)C2=CCC3=C(C=CC=CC3)C(N)=C2O)cc1. The summed E-state index contributed by atoms with van der Waals surface area (Å²) >= 11 is 0. The number of aliphatic hydroxyl groups is 2. The number of amides is 1. The predicted molar refractivity (Wildman–Crippen MR) is 110 cm³/mol. The Bertz CT molecular complexity index is 903. The van der Waals surface area contributed by atoms with Crippen LogP contribution in [0.1, 0.15) is 25.3 Å². The Morgan fingerprint density at radius 2 is 1.96 bits per heavy atom. The smallest absolute Gasteiger partial charge is 0.259 e. The number of benzene rings is 1. The fourth-order valence-corrected chi connectivity index (χ4v) is 3.11. The second-order valence-corrected chi connectivity index (χ2v) is 6.80. The molecule has 3 rings (SSSR count). The Morgan fingerprint density at radius 3 is 2.68 bits per heavy atom. The maximum atomic E-state index is 12.7. The average Bonchev–Trinajstić information content (AvgIpc) is 2.97. The van der Waals surface area contributed by atoms with Crippen LogP contribution in [-0.2, 0) is 11.3 Å². The molecule has 2 aliphatic rings. The number of rotatable bonds is 5. The second-order valence-electron chi connectivity index (χ2n) is 6.80. The van der Waals surface area contributed by atoms with E-state index in [4.69, 9.17) is 5.73 Å². The van der Waals surface area contributed by atoms with Gasteiger partial charge in [-0.15, -0.1) is 0 Å². The molecule has 6 N–H and O–H groups in total. The minimum absolute atomic E-state index is 0.169. The molecular weight excluding hydrogens is 354 g/mol. The van der Waals surface area contributed by atoms with Crippen LogP contribution in [0.25, 0.3) is 0 Å². The zero-order chi connectivity index (χ0) is 20.1. The van der Waals surface area contributed by atoms with Crippen LogP contribution >= 0.6 is 0 Å². The molecular formula is C22H25N3O3. The Labute approximate surface area is 164 Å². The third-order valence-electron chi connectivity index (χ3n) is 4.67. The number of nitrogens with one attached hydrogen (secondary N) is 2. The standard InChI is InChI=1S/C22H25N3O3/c1-14(26)24-13-15-7-10-17(11-8-15)25-22(28)19-12-9-16-5-3-2-4-6-18(16)20(23)21(19)27/h2-4,6-8,10-12,14,24,26-27H,5,9,13,23H2,1H3,(H,25,28). The van der Waals surface area contributed by atoms with Crippen molar-refractivity contribution in [3.63, 3.8) is 0 Å². The number of carbonyl (C=O) groups excluding carboxylic acids is 1. The Kier molecular flexibility index (Phi) is 6.13. The van der Waals surface area contributed by atoms with E-state index in [9.17, 15) is 15.0 Å². The molecule has 0 aromatic heterocycles. The van der Waals surface area contributed by atoms with Gasteiger partial charge >= 0.3 is 0 Å². The monoisotopic (exact) mass is 379 g/mol. The minimum Gasteiger partial charge on any atom is -0.505 e. The van der Waals surface area contributed by atoms with Crippen LogP contribution in [0.15, 0.2) is 82.8 Å². The molecule has 6 heteroatoms. The molecule has 0 spiro atoms. The van der Waals surface area contributed by atoms with Gasteiger partial charge < -0.3 is 21.3 Å². The number of nitrogens with two attached hydrogens (primary N) is 1. The highest BCUT2D eigenvalue weighted by atomic mass is 16.3. The molecule has 1 aromatic carbocycles. The van der Waals surface area contributed by atoms with E-state index in [0.29, 0.717) is 18.7 Å². The van der Waals surface area contributed by atoms with Crippen molar-refractivity contribution in [2.24, 2.45) is 5.73 Å². The lowest BCUT2D eigenvalue weighted by atomic mass is 10.0. The summed E-state index contributed by atoms with van der Waals surface area (Å²) in [5.74, 6) is -0.612. The van der Waals surface area contributed by atoms with E-state index < -0.39 is 12.1 Å². The normalized spacial score (nSPS) is 17.6. The summed E-state index contributed by atoms with van der Waals surface area (Å²) in [5.41, 5.74) is 9.96. The number of allylic oxidation sites excluding steroid dienone is 6. The van der Waals surface area contributed by atoms with E-state index >= 15 is 0 Å². The van der Waals surface area contributed by atoms with E-state index in [-0.39, 0.29) is 17.0 Å². The molecule has 6 nitrogen and oxygen atoms in total. The van der Waals surface area contributed by atoms with Crippen LogP contribution in [0.3, 0.4) is 0 Å². The van der Waals surface area contributed by atoms with Gasteiger partial charge in [0.15, 0.2) is 5.76 Å². The molecule has 0 aliphatic heterocycles.